The van der Waals surface area contributed by atoms with Gasteiger partial charge < -0.3 is 9.47 Å². The third-order valence-corrected chi connectivity index (χ3v) is 1.27. The first kappa shape index (κ1) is 12.7. The Morgan fingerprint density at radius 1 is 1.21 bits per heavy atom. The van der Waals surface area contributed by atoms with Crippen molar-refractivity contribution < 1.29 is 19.1 Å². The van der Waals surface area contributed by atoms with Gasteiger partial charge in [-0.2, -0.15) is 0 Å². The molecule has 0 rings (SSSR count). The Balaban J connectivity index is 3.34. The minimum atomic E-state index is -0.518. The van der Waals surface area contributed by atoms with E-state index in [2.05, 4.69) is 16.1 Å². The van der Waals surface area contributed by atoms with Gasteiger partial charge in [0, 0.05) is 24.1 Å². The first-order valence-corrected chi connectivity index (χ1v) is 4.37. The molecule has 0 aromatic heterocycles. The van der Waals surface area contributed by atoms with Crippen LogP contribution in [0.1, 0.15) is 6.42 Å². The Kier molecular flexibility index (Phi) is 7.55. The van der Waals surface area contributed by atoms with Gasteiger partial charge >= 0.3 is 11.9 Å². The zero-order valence-corrected chi connectivity index (χ0v) is 8.33. The standard InChI is InChI=1S/C9H11ClO4/c1-2-8(11)13-6-3-7-14-9(12)4-5-10/h2,4-5H,1,3,6-7H2. The molecule has 0 aliphatic rings. The summed E-state index contributed by atoms with van der Waals surface area (Å²) in [6.45, 7) is 3.61. The first-order chi connectivity index (χ1) is 6.70. The summed E-state index contributed by atoms with van der Waals surface area (Å²) in [6, 6.07) is 0. The molecule has 0 saturated heterocycles. The van der Waals surface area contributed by atoms with Gasteiger partial charge in [0.2, 0.25) is 0 Å². The van der Waals surface area contributed by atoms with Crippen LogP contribution in [0, 0.1) is 0 Å². The summed E-state index contributed by atoms with van der Waals surface area (Å²) in [7, 11) is 0. The molecule has 0 aliphatic carbocycles. The fourth-order valence-electron chi connectivity index (χ4n) is 0.563. The highest BCUT2D eigenvalue weighted by Gasteiger charge is 1.97. The average molecular weight is 219 g/mol. The third-order valence-electron chi connectivity index (χ3n) is 1.14. The Morgan fingerprint density at radius 3 is 2.29 bits per heavy atom. The molecular formula is C9H11ClO4. The van der Waals surface area contributed by atoms with E-state index in [1.807, 2.05) is 0 Å². The number of esters is 2. The van der Waals surface area contributed by atoms with Gasteiger partial charge in [-0.15, -0.1) is 0 Å². The molecule has 0 spiro atoms. The van der Waals surface area contributed by atoms with Gasteiger partial charge in [0.1, 0.15) is 0 Å². The fourth-order valence-corrected chi connectivity index (χ4v) is 0.666. The molecule has 14 heavy (non-hydrogen) atoms. The molecule has 0 radical (unpaired) electrons. The highest BCUT2D eigenvalue weighted by atomic mass is 35.5. The van der Waals surface area contributed by atoms with Gasteiger partial charge in [-0.3, -0.25) is 0 Å². The predicted octanol–water partition coefficient (Wildman–Crippen LogP) is 1.40. The summed E-state index contributed by atoms with van der Waals surface area (Å²) in [5.41, 5.74) is 1.07. The first-order valence-electron chi connectivity index (χ1n) is 3.93. The van der Waals surface area contributed by atoms with Gasteiger partial charge in [0.15, 0.2) is 0 Å². The highest BCUT2D eigenvalue weighted by Crippen LogP contribution is 1.89. The lowest BCUT2D eigenvalue weighted by Gasteiger charge is -2.02. The van der Waals surface area contributed by atoms with Crippen molar-refractivity contribution in [3.05, 3.63) is 24.3 Å². The molecule has 78 valence electrons. The van der Waals surface area contributed by atoms with Crippen molar-refractivity contribution in [2.45, 2.75) is 6.42 Å². The van der Waals surface area contributed by atoms with E-state index < -0.39 is 11.9 Å². The van der Waals surface area contributed by atoms with Crippen molar-refractivity contribution >= 4 is 23.5 Å². The van der Waals surface area contributed by atoms with Crippen LogP contribution in [0.2, 0.25) is 0 Å². The molecule has 0 fully saturated rings. The summed E-state index contributed by atoms with van der Waals surface area (Å²) in [4.78, 5) is 21.2. The van der Waals surface area contributed by atoms with Crippen LogP contribution in [0.25, 0.3) is 0 Å². The lowest BCUT2D eigenvalue weighted by molar-refractivity contribution is -0.140. The van der Waals surface area contributed by atoms with E-state index in [4.69, 9.17) is 11.6 Å². The molecule has 0 aromatic carbocycles. The summed E-state index contributed by atoms with van der Waals surface area (Å²) >= 11 is 5.14. The normalized spacial score (nSPS) is 9.79. The van der Waals surface area contributed by atoms with Crippen molar-refractivity contribution in [2.75, 3.05) is 13.2 Å². The number of carbonyl (C=O) groups is 2. The second-order valence-corrected chi connectivity index (χ2v) is 2.44. The maximum atomic E-state index is 10.7. The van der Waals surface area contributed by atoms with Gasteiger partial charge in [-0.05, 0) is 0 Å². The Morgan fingerprint density at radius 2 is 1.79 bits per heavy atom. The molecule has 0 saturated carbocycles. The maximum absolute atomic E-state index is 10.7. The summed E-state index contributed by atoms with van der Waals surface area (Å²) in [6.07, 6.45) is 2.61. The van der Waals surface area contributed by atoms with Crippen molar-refractivity contribution in [1.82, 2.24) is 0 Å². The third kappa shape index (κ3) is 7.36. The molecule has 0 atom stereocenters. The number of rotatable bonds is 6. The van der Waals surface area contributed by atoms with Crippen LogP contribution in [0.15, 0.2) is 24.3 Å². The molecule has 0 amide bonds. The van der Waals surface area contributed by atoms with Gasteiger partial charge in [-0.25, -0.2) is 9.59 Å². The van der Waals surface area contributed by atoms with E-state index in [0.29, 0.717) is 6.42 Å². The highest BCUT2D eigenvalue weighted by molar-refractivity contribution is 6.26. The number of carbonyl (C=O) groups excluding carboxylic acids is 2. The second-order valence-electron chi connectivity index (χ2n) is 2.19. The second kappa shape index (κ2) is 8.31. The van der Waals surface area contributed by atoms with Crippen LogP contribution < -0.4 is 0 Å². The SMILES string of the molecule is C=CC(=O)OCCCOC(=O)C=CCl. The Hall–Kier alpha value is -1.29. The fraction of sp³-hybridized carbons (Fsp3) is 0.333. The molecule has 4 nitrogen and oxygen atoms in total. The molecule has 0 aliphatic heterocycles. The van der Waals surface area contributed by atoms with Crippen molar-refractivity contribution in [3.8, 4) is 0 Å². The van der Waals surface area contributed by atoms with Crippen LogP contribution in [0.3, 0.4) is 0 Å². The molecule has 0 aromatic rings. The van der Waals surface area contributed by atoms with Gasteiger partial charge in [0.25, 0.3) is 0 Å². The van der Waals surface area contributed by atoms with E-state index in [0.717, 1.165) is 17.7 Å². The van der Waals surface area contributed by atoms with Crippen LogP contribution in [0.4, 0.5) is 0 Å². The van der Waals surface area contributed by atoms with Crippen LogP contribution in [0.5, 0.6) is 0 Å². The smallest absolute Gasteiger partial charge is 0.331 e. The maximum Gasteiger partial charge on any atom is 0.331 e. The average Bonchev–Trinajstić information content (AvgIpc) is 2.17. The molecule has 0 unspecified atom stereocenters. The Bertz CT molecular complexity index is 235. The van der Waals surface area contributed by atoms with E-state index in [1.165, 1.54) is 0 Å². The largest absolute Gasteiger partial charge is 0.462 e. The van der Waals surface area contributed by atoms with Crippen molar-refractivity contribution in [1.29, 1.82) is 0 Å². The zero-order chi connectivity index (χ0) is 10.8. The molecule has 0 bridgehead atoms. The van der Waals surface area contributed by atoms with E-state index in [9.17, 15) is 9.59 Å². The van der Waals surface area contributed by atoms with E-state index in [-0.39, 0.29) is 13.2 Å². The summed E-state index contributed by atoms with van der Waals surface area (Å²) in [5.74, 6) is -1.01. The van der Waals surface area contributed by atoms with Gasteiger partial charge in [0.05, 0.1) is 13.2 Å². The van der Waals surface area contributed by atoms with Crippen molar-refractivity contribution in [2.24, 2.45) is 0 Å². The minimum Gasteiger partial charge on any atom is -0.462 e. The monoisotopic (exact) mass is 218 g/mol. The number of hydrogen-bond acceptors (Lipinski definition) is 4. The number of hydrogen-bond donors (Lipinski definition) is 0. The molecule has 5 heteroatoms. The topological polar surface area (TPSA) is 52.6 Å². The predicted molar refractivity (Wildman–Crippen MR) is 51.7 cm³/mol. The van der Waals surface area contributed by atoms with Crippen LogP contribution in [-0.4, -0.2) is 25.2 Å². The van der Waals surface area contributed by atoms with Crippen LogP contribution >= 0.6 is 11.6 Å². The summed E-state index contributed by atoms with van der Waals surface area (Å²) in [5, 5.41) is 0. The molecule has 0 heterocycles. The minimum absolute atomic E-state index is 0.185. The number of halogens is 1. The van der Waals surface area contributed by atoms with Gasteiger partial charge in [-0.1, -0.05) is 18.2 Å². The zero-order valence-electron chi connectivity index (χ0n) is 7.57. The van der Waals surface area contributed by atoms with Crippen LogP contribution in [-0.2, 0) is 19.1 Å². The lowest BCUT2D eigenvalue weighted by Crippen LogP contribution is -2.07. The Labute approximate surface area is 87.1 Å². The molecule has 0 N–H and O–H groups in total. The lowest BCUT2D eigenvalue weighted by atomic mass is 10.5. The van der Waals surface area contributed by atoms with E-state index >= 15 is 0 Å². The molecular weight excluding hydrogens is 208 g/mol. The van der Waals surface area contributed by atoms with Crippen molar-refractivity contribution in [3.63, 3.8) is 0 Å². The number of ether oxygens (including phenoxy) is 2. The summed E-state index contributed by atoms with van der Waals surface area (Å²) < 4.78 is 9.31. The van der Waals surface area contributed by atoms with E-state index in [1.54, 1.807) is 0 Å². The quantitative estimate of drug-likeness (QED) is 0.384.